The van der Waals surface area contributed by atoms with Gasteiger partial charge in [0.1, 0.15) is 5.75 Å². The minimum atomic E-state index is -6.99. The van der Waals surface area contributed by atoms with Crippen LogP contribution in [0.1, 0.15) is 133 Å². The maximum Gasteiger partial charge on any atom is 0.460 e. The van der Waals surface area contributed by atoms with Gasteiger partial charge in [-0.1, -0.05) is 51.5 Å². The number of halogens is 9. The number of unbranched alkanes of at least 4 members (excludes halogenated alkanes) is 5. The summed E-state index contributed by atoms with van der Waals surface area (Å²) in [5, 5.41) is 31.3. The molecule has 278 valence electrons. The Bertz CT molecular complexity index is 1340. The zero-order valence-electron chi connectivity index (χ0n) is 27.7. The van der Waals surface area contributed by atoms with Crippen LogP contribution in [0.2, 0.25) is 0 Å². The number of aliphatic hydroxyl groups is 1. The topological polar surface area (TPSA) is 77.8 Å². The molecule has 49 heavy (non-hydrogen) atoms. The number of hydrogen-bond donors (Lipinski definition) is 3. The molecule has 1 spiro atoms. The average molecular weight is 715 g/mol. The Morgan fingerprint density at radius 1 is 0.837 bits per heavy atom. The van der Waals surface area contributed by atoms with Crippen LogP contribution in [-0.4, -0.2) is 45.2 Å². The number of phenolic OH excluding ortho intramolecular Hbond substituents is 1. The largest absolute Gasteiger partial charge is 0.508 e. The highest BCUT2D eigenvalue weighted by atomic mass is 19.4. The van der Waals surface area contributed by atoms with Crippen LogP contribution < -0.4 is 0 Å². The van der Waals surface area contributed by atoms with Crippen LogP contribution in [0, 0.1) is 34.5 Å². The monoisotopic (exact) mass is 714 g/mol. The van der Waals surface area contributed by atoms with E-state index < -0.39 is 54.8 Å². The summed E-state index contributed by atoms with van der Waals surface area (Å²) in [4.78, 5) is 11.5. The van der Waals surface area contributed by atoms with Gasteiger partial charge in [0.15, 0.2) is 0 Å². The first-order valence-corrected chi connectivity index (χ1v) is 17.6. The van der Waals surface area contributed by atoms with E-state index >= 15 is 0 Å². The van der Waals surface area contributed by atoms with Crippen LogP contribution in [0.4, 0.5) is 39.5 Å². The Balaban J connectivity index is 1.10. The van der Waals surface area contributed by atoms with Gasteiger partial charge in [-0.05, 0) is 116 Å². The van der Waals surface area contributed by atoms with Crippen molar-refractivity contribution in [1.29, 1.82) is 0 Å². The van der Waals surface area contributed by atoms with E-state index in [9.17, 15) is 59.6 Å². The van der Waals surface area contributed by atoms with E-state index in [1.165, 1.54) is 32.1 Å². The molecule has 4 unspecified atom stereocenters. The number of carboxylic acid groups (broad SMARTS) is 1. The lowest BCUT2D eigenvalue weighted by atomic mass is 9.50. The molecule has 5 rings (SSSR count). The van der Waals surface area contributed by atoms with Gasteiger partial charge >= 0.3 is 29.9 Å². The number of alkyl halides is 9. The molecule has 0 amide bonds. The first kappa shape index (κ1) is 38.1. The summed E-state index contributed by atoms with van der Waals surface area (Å²) in [6.07, 6.45) is 0.749. The summed E-state index contributed by atoms with van der Waals surface area (Å²) in [7, 11) is 0. The molecule has 3 fully saturated rings. The first-order chi connectivity index (χ1) is 22.7. The number of carbonyl (C=O) groups is 1. The van der Waals surface area contributed by atoms with E-state index in [1.807, 2.05) is 6.07 Å². The highest BCUT2D eigenvalue weighted by Crippen LogP contribution is 2.77. The van der Waals surface area contributed by atoms with E-state index in [0.717, 1.165) is 43.2 Å². The molecule has 0 saturated heterocycles. The normalized spacial score (nSPS) is 30.1. The molecule has 4 nitrogen and oxygen atoms in total. The molecule has 0 heterocycles. The fraction of sp³-hybridized carbons (Fsp3) is 0.806. The van der Waals surface area contributed by atoms with E-state index in [0.29, 0.717) is 36.0 Å². The number of aliphatic carboxylic acids is 1. The smallest absolute Gasteiger partial charge is 0.460 e. The van der Waals surface area contributed by atoms with Crippen molar-refractivity contribution in [2.45, 2.75) is 146 Å². The SMILES string of the molecule is C[C@]12CCC3c4ccc(O)cc4[C@@H](O)[C@@H](CCCCCCCCC(CCC(F)(F)C(F)(F)C(F)(F)C(F)(F)F)C(=O)O)C3C1CCC21CC1. The number of fused-ring (bicyclic) bond motifs is 6. The average Bonchev–Trinajstić information content (AvgIpc) is 3.75. The highest BCUT2D eigenvalue weighted by molar-refractivity contribution is 5.69. The Morgan fingerprint density at radius 3 is 2.08 bits per heavy atom. The second-order valence-corrected chi connectivity index (χ2v) is 15.6. The summed E-state index contributed by atoms with van der Waals surface area (Å²) in [5.74, 6) is -21.3. The molecule has 7 atom stereocenters. The van der Waals surface area contributed by atoms with Gasteiger partial charge in [0.25, 0.3) is 0 Å². The van der Waals surface area contributed by atoms with E-state index in [4.69, 9.17) is 0 Å². The lowest BCUT2D eigenvalue weighted by Gasteiger charge is -2.55. The van der Waals surface area contributed by atoms with Crippen molar-refractivity contribution in [1.82, 2.24) is 0 Å². The highest BCUT2D eigenvalue weighted by Gasteiger charge is 2.81. The van der Waals surface area contributed by atoms with Crippen molar-refractivity contribution >= 4 is 5.97 Å². The molecule has 1 aromatic carbocycles. The summed E-state index contributed by atoms with van der Waals surface area (Å²) in [5.41, 5.74) is 2.69. The van der Waals surface area contributed by atoms with Gasteiger partial charge in [0.05, 0.1) is 12.0 Å². The van der Waals surface area contributed by atoms with Crippen LogP contribution >= 0.6 is 0 Å². The molecule has 4 aliphatic carbocycles. The van der Waals surface area contributed by atoms with Gasteiger partial charge in [0, 0.05) is 6.42 Å². The maximum absolute atomic E-state index is 13.9. The number of aliphatic hydroxyl groups excluding tert-OH is 1. The van der Waals surface area contributed by atoms with E-state index in [-0.39, 0.29) is 29.9 Å². The molecule has 1 aromatic rings. The molecule has 0 bridgehead atoms. The second-order valence-electron chi connectivity index (χ2n) is 15.6. The zero-order chi connectivity index (χ0) is 36.2. The fourth-order valence-electron chi connectivity index (χ4n) is 10.1. The number of benzene rings is 1. The number of hydrogen-bond acceptors (Lipinski definition) is 3. The van der Waals surface area contributed by atoms with Gasteiger partial charge in [-0.2, -0.15) is 39.5 Å². The quantitative estimate of drug-likeness (QED) is 0.125. The van der Waals surface area contributed by atoms with Crippen molar-refractivity contribution in [3.8, 4) is 5.75 Å². The van der Waals surface area contributed by atoms with Crippen LogP contribution in [-0.2, 0) is 4.79 Å². The summed E-state index contributed by atoms with van der Waals surface area (Å²) in [6, 6.07) is 5.39. The Hall–Kier alpha value is -2.18. The molecular formula is C36H47F9O4. The van der Waals surface area contributed by atoms with Gasteiger partial charge in [-0.25, -0.2) is 0 Å². The predicted octanol–water partition coefficient (Wildman–Crippen LogP) is 10.8. The summed E-state index contributed by atoms with van der Waals surface area (Å²) < 4.78 is 118. The van der Waals surface area contributed by atoms with Gasteiger partial charge < -0.3 is 15.3 Å². The Morgan fingerprint density at radius 2 is 1.47 bits per heavy atom. The molecule has 3 saturated carbocycles. The van der Waals surface area contributed by atoms with E-state index in [1.54, 1.807) is 12.1 Å². The third-order valence-corrected chi connectivity index (χ3v) is 13.1. The zero-order valence-corrected chi connectivity index (χ0v) is 27.7. The van der Waals surface area contributed by atoms with Crippen molar-refractivity contribution in [3.05, 3.63) is 29.3 Å². The molecule has 3 N–H and O–H groups in total. The second kappa shape index (κ2) is 13.4. The Labute approximate surface area is 280 Å². The number of aromatic hydroxyl groups is 1. The van der Waals surface area contributed by atoms with Crippen LogP contribution in [0.25, 0.3) is 0 Å². The van der Waals surface area contributed by atoms with Crippen LogP contribution in [0.3, 0.4) is 0 Å². The third kappa shape index (κ3) is 6.67. The minimum absolute atomic E-state index is 0.0516. The molecule has 0 aliphatic heterocycles. The predicted molar refractivity (Wildman–Crippen MR) is 163 cm³/mol. The van der Waals surface area contributed by atoms with Gasteiger partial charge in [0.2, 0.25) is 0 Å². The molecule has 13 heteroatoms. The lowest BCUT2D eigenvalue weighted by Crippen LogP contribution is -2.60. The Kier molecular flexibility index (Phi) is 10.4. The van der Waals surface area contributed by atoms with Crippen molar-refractivity contribution in [2.75, 3.05) is 0 Å². The standard InChI is InChI=1S/C36H47F9O4/c1-31-15-13-24-23-11-10-22(46)20-26(23)29(47)25(28(24)27(31)14-16-32(31)18-19-32)9-7-5-3-2-4-6-8-21(30(48)49)12-17-33(37,38)34(39,40)35(41,42)36(43,44)45/h10-11,20-21,24-25,27-29,46-47H,2-9,12-19H2,1H3,(H,48,49)/t21?,24?,25-,27?,28?,29-,31-/m0/s1. The number of carboxylic acids is 1. The third-order valence-electron chi connectivity index (χ3n) is 13.1. The number of phenols is 1. The summed E-state index contributed by atoms with van der Waals surface area (Å²) in [6.45, 7) is 2.46. The van der Waals surface area contributed by atoms with Crippen LogP contribution in [0.15, 0.2) is 18.2 Å². The lowest BCUT2D eigenvalue weighted by molar-refractivity contribution is -0.396. The van der Waals surface area contributed by atoms with Gasteiger partial charge in [-0.3, -0.25) is 4.79 Å². The molecule has 0 aromatic heterocycles. The van der Waals surface area contributed by atoms with Gasteiger partial charge in [-0.15, -0.1) is 0 Å². The van der Waals surface area contributed by atoms with Crippen molar-refractivity contribution in [3.63, 3.8) is 0 Å². The van der Waals surface area contributed by atoms with E-state index in [2.05, 4.69) is 6.92 Å². The number of rotatable bonds is 15. The minimum Gasteiger partial charge on any atom is -0.508 e. The molecular weight excluding hydrogens is 667 g/mol. The molecule has 4 aliphatic rings. The van der Waals surface area contributed by atoms with Crippen molar-refractivity contribution in [2.24, 2.45) is 34.5 Å². The summed E-state index contributed by atoms with van der Waals surface area (Å²) >= 11 is 0. The maximum atomic E-state index is 13.9. The van der Waals surface area contributed by atoms with Crippen LogP contribution in [0.5, 0.6) is 5.75 Å². The fourth-order valence-corrected chi connectivity index (χ4v) is 10.1. The van der Waals surface area contributed by atoms with Crippen molar-refractivity contribution < 1.29 is 59.6 Å². The molecule has 0 radical (unpaired) electrons. The first-order valence-electron chi connectivity index (χ1n) is 17.6.